The molecular formula is C17H30N3O3PS. The van der Waals surface area contributed by atoms with E-state index in [1.165, 1.54) is 0 Å². The summed E-state index contributed by atoms with van der Waals surface area (Å²) in [6.07, 6.45) is 1.26. The van der Waals surface area contributed by atoms with Gasteiger partial charge in [-0.2, -0.15) is 0 Å². The molecule has 0 saturated carbocycles. The van der Waals surface area contributed by atoms with Gasteiger partial charge in [-0.3, -0.25) is 14.6 Å². The smallest absolute Gasteiger partial charge is 0.307 e. The summed E-state index contributed by atoms with van der Waals surface area (Å²) in [6.45, 7) is 4.61. The van der Waals surface area contributed by atoms with E-state index in [2.05, 4.69) is 23.7 Å². The molecular weight excluding hydrogens is 357 g/mol. The van der Waals surface area contributed by atoms with E-state index in [9.17, 15) is 4.79 Å². The Hall–Kier alpha value is -1.01. The third-order valence-electron chi connectivity index (χ3n) is 3.60. The highest BCUT2D eigenvalue weighted by molar-refractivity contribution is 8.49. The molecule has 1 N–H and O–H groups in total. The highest BCUT2D eigenvalue weighted by Gasteiger charge is 2.28. The molecule has 142 valence electrons. The third-order valence-corrected chi connectivity index (χ3v) is 11.4. The zero-order valence-corrected chi connectivity index (χ0v) is 17.5. The number of nitrogens with zero attached hydrogens (tertiary/aromatic N) is 2. The fraction of sp³-hybridized carbons (Fsp3) is 0.588. The first-order valence-corrected chi connectivity index (χ1v) is 12.0. The molecule has 0 saturated heterocycles. The Morgan fingerprint density at radius 1 is 1.32 bits per heavy atom. The molecule has 0 aliphatic carbocycles. The molecule has 3 atom stereocenters. The van der Waals surface area contributed by atoms with Crippen LogP contribution in [0.15, 0.2) is 39.4 Å². The van der Waals surface area contributed by atoms with Gasteiger partial charge in [-0.25, -0.2) is 4.36 Å². The summed E-state index contributed by atoms with van der Waals surface area (Å²) in [5.74, 6) is -0.219. The van der Waals surface area contributed by atoms with Crippen molar-refractivity contribution in [2.75, 3.05) is 27.3 Å². The highest BCUT2D eigenvalue weighted by atomic mass is 32.8. The van der Waals surface area contributed by atoms with Crippen molar-refractivity contribution in [3.8, 4) is 0 Å². The summed E-state index contributed by atoms with van der Waals surface area (Å²) in [5.41, 5.74) is 0.920. The van der Waals surface area contributed by atoms with Crippen LogP contribution < -0.4 is 5.09 Å². The Kier molecular flexibility index (Phi) is 10.2. The van der Waals surface area contributed by atoms with E-state index in [1.807, 2.05) is 30.3 Å². The van der Waals surface area contributed by atoms with Gasteiger partial charge in [-0.1, -0.05) is 32.0 Å². The molecule has 6 nitrogen and oxygen atoms in total. The number of nitrogens with one attached hydrogen (secondary N) is 1. The van der Waals surface area contributed by atoms with Crippen molar-refractivity contribution in [2.24, 2.45) is 9.11 Å². The number of hydrogen-bond acceptors (Lipinski definition) is 5. The third kappa shape index (κ3) is 6.66. The van der Waals surface area contributed by atoms with Gasteiger partial charge in [-0.05, 0) is 35.8 Å². The van der Waals surface area contributed by atoms with Gasteiger partial charge >= 0.3 is 5.97 Å². The molecule has 3 unspecified atom stereocenters. The predicted molar refractivity (Wildman–Crippen MR) is 107 cm³/mol. The van der Waals surface area contributed by atoms with E-state index in [0.29, 0.717) is 18.4 Å². The van der Waals surface area contributed by atoms with Crippen LogP contribution in [0.5, 0.6) is 0 Å². The van der Waals surface area contributed by atoms with Crippen molar-refractivity contribution in [2.45, 2.75) is 38.9 Å². The molecule has 0 heterocycles. The van der Waals surface area contributed by atoms with Crippen molar-refractivity contribution < 1.29 is 14.1 Å². The lowest BCUT2D eigenvalue weighted by Crippen LogP contribution is -2.23. The monoisotopic (exact) mass is 387 g/mol. The molecule has 0 amide bonds. The largest absolute Gasteiger partial charge is 0.466 e. The standard InChI is InChI=1S/C17H30N3O3PS/c1-6-15(3)25(20-16-11-9-8-10-12-16)24(18-4,22-5)19-14-13-17(21)23-7-2/h8-12,15,19H,6-7,13-14H2,1-5H3. The van der Waals surface area contributed by atoms with Crippen molar-refractivity contribution in [3.63, 3.8) is 0 Å². The summed E-state index contributed by atoms with van der Waals surface area (Å²) in [6, 6.07) is 9.89. The second-order valence-electron chi connectivity index (χ2n) is 5.30. The Bertz CT molecular complexity index is 623. The molecule has 0 radical (unpaired) electrons. The molecule has 1 rings (SSSR count). The van der Waals surface area contributed by atoms with Crippen LogP contribution in [0.2, 0.25) is 0 Å². The van der Waals surface area contributed by atoms with Crippen molar-refractivity contribution in [1.82, 2.24) is 5.09 Å². The van der Waals surface area contributed by atoms with Crippen molar-refractivity contribution in [3.05, 3.63) is 30.3 Å². The molecule has 0 bridgehead atoms. The molecule has 0 aliphatic heterocycles. The number of rotatable bonds is 10. The molecule has 0 fully saturated rings. The van der Waals surface area contributed by atoms with Crippen LogP contribution in [0.3, 0.4) is 0 Å². The van der Waals surface area contributed by atoms with E-state index >= 15 is 0 Å². The Labute approximate surface area is 153 Å². The van der Waals surface area contributed by atoms with Gasteiger partial charge in [0, 0.05) is 26.0 Å². The Morgan fingerprint density at radius 2 is 2.00 bits per heavy atom. The summed E-state index contributed by atoms with van der Waals surface area (Å²) in [7, 11) is 2.98. The average molecular weight is 387 g/mol. The first kappa shape index (κ1) is 22.0. The minimum Gasteiger partial charge on any atom is -0.466 e. The quantitative estimate of drug-likeness (QED) is 0.467. The maximum atomic E-state index is 11.6. The molecule has 1 aromatic rings. The number of carbonyl (C=O) groups is 1. The molecule has 0 aromatic heterocycles. The molecule has 0 aliphatic rings. The Morgan fingerprint density at radius 3 is 2.52 bits per heavy atom. The van der Waals surface area contributed by atoms with Gasteiger partial charge in [0.15, 0.2) is 0 Å². The van der Waals surface area contributed by atoms with Crippen LogP contribution in [-0.4, -0.2) is 38.5 Å². The van der Waals surface area contributed by atoms with E-state index in [4.69, 9.17) is 13.6 Å². The van der Waals surface area contributed by atoms with Gasteiger partial charge in [0.05, 0.1) is 18.7 Å². The highest BCUT2D eigenvalue weighted by Crippen LogP contribution is 2.53. The molecule has 0 spiro atoms. The van der Waals surface area contributed by atoms with Crippen LogP contribution in [0.1, 0.15) is 33.6 Å². The first-order chi connectivity index (χ1) is 12.0. The minimum absolute atomic E-state index is 0.219. The molecule has 25 heavy (non-hydrogen) atoms. The van der Waals surface area contributed by atoms with Crippen LogP contribution in [0.25, 0.3) is 0 Å². The van der Waals surface area contributed by atoms with Gasteiger partial charge in [0.25, 0.3) is 0 Å². The number of carbonyl (C=O) groups excluding carboxylic acids is 1. The van der Waals surface area contributed by atoms with Gasteiger partial charge in [-0.15, -0.1) is 0 Å². The fourth-order valence-electron chi connectivity index (χ4n) is 2.11. The van der Waals surface area contributed by atoms with Crippen LogP contribution in [-0.2, 0) is 24.4 Å². The summed E-state index contributed by atoms with van der Waals surface area (Å²) >= 11 is 0. The topological polar surface area (TPSA) is 72.3 Å². The number of hydrogen-bond donors (Lipinski definition) is 1. The fourth-order valence-corrected chi connectivity index (χ4v) is 8.96. The zero-order valence-electron chi connectivity index (χ0n) is 15.8. The zero-order chi connectivity index (χ0) is 18.7. The summed E-state index contributed by atoms with van der Waals surface area (Å²) < 4.78 is 20.4. The van der Waals surface area contributed by atoms with Crippen LogP contribution in [0, 0.1) is 0 Å². The number of benzene rings is 1. The first-order valence-electron chi connectivity index (χ1n) is 8.50. The second-order valence-corrected chi connectivity index (χ2v) is 11.6. The van der Waals surface area contributed by atoms with Crippen LogP contribution >= 0.6 is 6.63 Å². The second kappa shape index (κ2) is 11.6. The van der Waals surface area contributed by atoms with Gasteiger partial charge < -0.3 is 9.26 Å². The molecule has 1 aromatic carbocycles. The lowest BCUT2D eigenvalue weighted by atomic mass is 10.3. The average Bonchev–Trinajstić information content (AvgIpc) is 2.64. The maximum Gasteiger partial charge on any atom is 0.307 e. The number of ether oxygens (including phenoxy) is 1. The van der Waals surface area contributed by atoms with Crippen molar-refractivity contribution in [1.29, 1.82) is 0 Å². The lowest BCUT2D eigenvalue weighted by molar-refractivity contribution is -0.142. The maximum absolute atomic E-state index is 11.6. The van der Waals surface area contributed by atoms with E-state index in [0.717, 1.165) is 12.1 Å². The summed E-state index contributed by atoms with van der Waals surface area (Å²) in [5, 5.41) is 3.71. The SMILES string of the molecule is CCOC(=O)CCNP(=NC)(OC)S(=Nc1ccccc1)C(C)CC. The van der Waals surface area contributed by atoms with Gasteiger partial charge in [0.1, 0.15) is 0 Å². The summed E-state index contributed by atoms with van der Waals surface area (Å²) in [4.78, 5) is 11.6. The predicted octanol–water partition coefficient (Wildman–Crippen LogP) is 4.68. The van der Waals surface area contributed by atoms with E-state index in [-0.39, 0.29) is 12.4 Å². The molecule has 8 heteroatoms. The lowest BCUT2D eigenvalue weighted by Gasteiger charge is -2.29. The van der Waals surface area contributed by atoms with Crippen LogP contribution in [0.4, 0.5) is 5.69 Å². The minimum atomic E-state index is -2.35. The van der Waals surface area contributed by atoms with E-state index in [1.54, 1.807) is 21.1 Å². The normalized spacial score (nSPS) is 16.0. The van der Waals surface area contributed by atoms with E-state index < -0.39 is 16.9 Å². The van der Waals surface area contributed by atoms with Gasteiger partial charge in [0.2, 0.25) is 6.63 Å². The number of esters is 1. The Balaban J connectivity index is 3.11. The van der Waals surface area contributed by atoms with Crippen molar-refractivity contribution >= 4 is 28.6 Å².